The normalized spacial score (nSPS) is 11.8. The quantitative estimate of drug-likeness (QED) is 0.460. The molecule has 0 aromatic carbocycles. The SMILES string of the molecule is Cc1nn(C)c(SC(C)(C)C)c1C(=N)N. The molecule has 0 aliphatic heterocycles. The summed E-state index contributed by atoms with van der Waals surface area (Å²) in [4.78, 5) is 0. The summed E-state index contributed by atoms with van der Waals surface area (Å²) in [5.74, 6) is 0.0901. The van der Waals surface area contributed by atoms with Gasteiger partial charge in [-0.3, -0.25) is 10.1 Å². The fourth-order valence-corrected chi connectivity index (χ4v) is 2.47. The van der Waals surface area contributed by atoms with Crippen molar-refractivity contribution in [3.8, 4) is 0 Å². The predicted octanol–water partition coefficient (Wildman–Crippen LogP) is 1.90. The second-order valence-corrected chi connectivity index (χ2v) is 6.33. The highest BCUT2D eigenvalue weighted by Crippen LogP contribution is 2.34. The number of hydrogen-bond donors (Lipinski definition) is 2. The third-order valence-electron chi connectivity index (χ3n) is 1.84. The Morgan fingerprint density at radius 3 is 2.40 bits per heavy atom. The van der Waals surface area contributed by atoms with E-state index >= 15 is 0 Å². The molecule has 4 nitrogen and oxygen atoms in total. The van der Waals surface area contributed by atoms with E-state index in [4.69, 9.17) is 11.1 Å². The number of nitrogen functional groups attached to an aromatic ring is 1. The lowest BCUT2D eigenvalue weighted by Gasteiger charge is -2.18. The monoisotopic (exact) mass is 226 g/mol. The number of nitrogens with zero attached hydrogens (tertiary/aromatic N) is 2. The molecule has 1 aromatic heterocycles. The van der Waals surface area contributed by atoms with Crippen LogP contribution in [0.1, 0.15) is 32.0 Å². The van der Waals surface area contributed by atoms with E-state index in [-0.39, 0.29) is 10.6 Å². The van der Waals surface area contributed by atoms with Crippen molar-refractivity contribution in [3.63, 3.8) is 0 Å². The van der Waals surface area contributed by atoms with Crippen molar-refractivity contribution in [2.24, 2.45) is 12.8 Å². The van der Waals surface area contributed by atoms with Gasteiger partial charge in [0.25, 0.3) is 0 Å². The molecule has 1 aromatic rings. The van der Waals surface area contributed by atoms with Crippen LogP contribution in [0.3, 0.4) is 0 Å². The number of rotatable bonds is 2. The lowest BCUT2D eigenvalue weighted by atomic mass is 10.2. The second kappa shape index (κ2) is 3.89. The zero-order valence-corrected chi connectivity index (χ0v) is 10.7. The first-order valence-electron chi connectivity index (χ1n) is 4.79. The van der Waals surface area contributed by atoms with Crippen molar-refractivity contribution in [1.29, 1.82) is 5.41 Å². The van der Waals surface area contributed by atoms with Crippen LogP contribution in [0.4, 0.5) is 0 Å². The van der Waals surface area contributed by atoms with E-state index in [1.54, 1.807) is 16.4 Å². The van der Waals surface area contributed by atoms with Crippen LogP contribution in [0, 0.1) is 12.3 Å². The Bertz CT molecular complexity index is 387. The Labute approximate surface area is 94.7 Å². The molecular weight excluding hydrogens is 208 g/mol. The Hall–Kier alpha value is -0.970. The molecule has 0 bridgehead atoms. The predicted molar refractivity (Wildman–Crippen MR) is 64.6 cm³/mol. The summed E-state index contributed by atoms with van der Waals surface area (Å²) < 4.78 is 1.88. The first-order chi connectivity index (χ1) is 6.72. The van der Waals surface area contributed by atoms with Crippen molar-refractivity contribution < 1.29 is 0 Å². The van der Waals surface area contributed by atoms with Crippen LogP contribution in [0.5, 0.6) is 0 Å². The van der Waals surface area contributed by atoms with Crippen molar-refractivity contribution in [2.45, 2.75) is 37.5 Å². The van der Waals surface area contributed by atoms with Gasteiger partial charge in [-0.05, 0) is 6.92 Å². The number of nitrogens with two attached hydrogens (primary N) is 1. The van der Waals surface area contributed by atoms with Gasteiger partial charge in [0, 0.05) is 11.8 Å². The summed E-state index contributed by atoms with van der Waals surface area (Å²) in [5, 5.41) is 12.8. The fraction of sp³-hybridized carbons (Fsp3) is 0.600. The highest BCUT2D eigenvalue weighted by molar-refractivity contribution is 8.00. The van der Waals surface area contributed by atoms with E-state index < -0.39 is 0 Å². The topological polar surface area (TPSA) is 67.7 Å². The molecular formula is C10H18N4S. The maximum Gasteiger partial charge on any atom is 0.127 e. The summed E-state index contributed by atoms with van der Waals surface area (Å²) >= 11 is 1.68. The van der Waals surface area contributed by atoms with Gasteiger partial charge < -0.3 is 5.73 Å². The average Bonchev–Trinajstić information content (AvgIpc) is 2.23. The molecule has 1 rings (SSSR count). The van der Waals surface area contributed by atoms with Gasteiger partial charge in [0.15, 0.2) is 0 Å². The second-order valence-electron chi connectivity index (χ2n) is 4.52. The number of thioether (sulfide) groups is 1. The number of hydrogen-bond acceptors (Lipinski definition) is 3. The molecule has 0 saturated heterocycles. The van der Waals surface area contributed by atoms with Gasteiger partial charge in [0.1, 0.15) is 10.9 Å². The maximum atomic E-state index is 7.55. The summed E-state index contributed by atoms with van der Waals surface area (Å²) in [6, 6.07) is 0. The van der Waals surface area contributed by atoms with E-state index in [1.807, 2.05) is 14.0 Å². The number of nitrogens with one attached hydrogen (secondary N) is 1. The van der Waals surface area contributed by atoms with Gasteiger partial charge >= 0.3 is 0 Å². The maximum absolute atomic E-state index is 7.55. The van der Waals surface area contributed by atoms with E-state index in [0.717, 1.165) is 16.3 Å². The van der Waals surface area contributed by atoms with Crippen LogP contribution in [0.2, 0.25) is 0 Å². The first kappa shape index (κ1) is 12.1. The zero-order chi connectivity index (χ0) is 11.8. The van der Waals surface area contributed by atoms with E-state index in [1.165, 1.54) is 0 Å². The van der Waals surface area contributed by atoms with Crippen molar-refractivity contribution in [1.82, 2.24) is 9.78 Å². The van der Waals surface area contributed by atoms with Gasteiger partial charge in [0.2, 0.25) is 0 Å². The molecule has 0 aliphatic carbocycles. The number of aromatic nitrogens is 2. The Morgan fingerprint density at radius 1 is 1.47 bits per heavy atom. The minimum Gasteiger partial charge on any atom is -0.384 e. The third kappa shape index (κ3) is 2.75. The molecule has 15 heavy (non-hydrogen) atoms. The minimum absolute atomic E-state index is 0.0877. The smallest absolute Gasteiger partial charge is 0.127 e. The molecule has 0 radical (unpaired) electrons. The summed E-state index contributed by atoms with van der Waals surface area (Å²) in [5.41, 5.74) is 7.14. The molecule has 5 heteroatoms. The van der Waals surface area contributed by atoms with E-state index in [0.29, 0.717) is 0 Å². The first-order valence-corrected chi connectivity index (χ1v) is 5.61. The van der Waals surface area contributed by atoms with Crippen LogP contribution >= 0.6 is 11.8 Å². The van der Waals surface area contributed by atoms with Crippen molar-refractivity contribution in [3.05, 3.63) is 11.3 Å². The Kier molecular flexibility index (Phi) is 3.13. The molecule has 1 heterocycles. The summed E-state index contributed by atoms with van der Waals surface area (Å²) in [6.07, 6.45) is 0. The van der Waals surface area contributed by atoms with Gasteiger partial charge in [-0.1, -0.05) is 20.8 Å². The largest absolute Gasteiger partial charge is 0.384 e. The number of amidine groups is 1. The van der Waals surface area contributed by atoms with Crippen LogP contribution in [0.15, 0.2) is 5.03 Å². The minimum atomic E-state index is 0.0877. The molecule has 3 N–H and O–H groups in total. The lowest BCUT2D eigenvalue weighted by molar-refractivity contribution is 0.684. The fourth-order valence-electron chi connectivity index (χ4n) is 1.35. The zero-order valence-electron chi connectivity index (χ0n) is 9.88. The van der Waals surface area contributed by atoms with Crippen LogP contribution in [-0.4, -0.2) is 20.4 Å². The Morgan fingerprint density at radius 2 is 2.00 bits per heavy atom. The standard InChI is InChI=1S/C10H18N4S/c1-6-7(8(11)12)9(14(5)13-6)15-10(2,3)4/h1-5H3,(H3,11,12). The van der Waals surface area contributed by atoms with E-state index in [9.17, 15) is 0 Å². The molecule has 0 unspecified atom stereocenters. The molecule has 84 valence electrons. The molecule has 0 amide bonds. The lowest BCUT2D eigenvalue weighted by Crippen LogP contribution is -2.15. The highest BCUT2D eigenvalue weighted by Gasteiger charge is 2.21. The van der Waals surface area contributed by atoms with E-state index in [2.05, 4.69) is 25.9 Å². The number of aryl methyl sites for hydroxylation is 2. The molecule has 0 saturated carbocycles. The van der Waals surface area contributed by atoms with Crippen molar-refractivity contribution >= 4 is 17.6 Å². The third-order valence-corrected chi connectivity index (χ3v) is 3.12. The van der Waals surface area contributed by atoms with Gasteiger partial charge in [-0.2, -0.15) is 5.10 Å². The van der Waals surface area contributed by atoms with Crippen LogP contribution < -0.4 is 5.73 Å². The molecule has 0 fully saturated rings. The highest BCUT2D eigenvalue weighted by atomic mass is 32.2. The van der Waals surface area contributed by atoms with Crippen LogP contribution in [-0.2, 0) is 7.05 Å². The molecule has 0 spiro atoms. The molecule has 0 atom stereocenters. The summed E-state index contributed by atoms with van der Waals surface area (Å²) in [6.45, 7) is 8.27. The van der Waals surface area contributed by atoms with Gasteiger partial charge in [-0.15, -0.1) is 11.8 Å². The van der Waals surface area contributed by atoms with Crippen LogP contribution in [0.25, 0.3) is 0 Å². The Balaban J connectivity index is 3.21. The van der Waals surface area contributed by atoms with Crippen molar-refractivity contribution in [2.75, 3.05) is 0 Å². The van der Waals surface area contributed by atoms with Gasteiger partial charge in [-0.25, -0.2) is 0 Å². The molecule has 0 aliphatic rings. The van der Waals surface area contributed by atoms with Gasteiger partial charge in [0.05, 0.1) is 11.3 Å². The summed E-state index contributed by atoms with van der Waals surface area (Å²) in [7, 11) is 1.88. The average molecular weight is 226 g/mol.